The number of nitrogens with one attached hydrogen (secondary N) is 4. The van der Waals surface area contributed by atoms with Gasteiger partial charge in [-0.05, 0) is 61.9 Å². The Kier molecular flexibility index (Phi) is 11.2. The molecule has 2 aromatic carbocycles. The average Bonchev–Trinajstić information content (AvgIpc) is 2.92. The fraction of sp³-hybridized carbons (Fsp3) is 0.464. The fourth-order valence-corrected chi connectivity index (χ4v) is 4.38. The minimum Gasteiger partial charge on any atom is -0.352 e. The first-order valence-electron chi connectivity index (χ1n) is 13.0. The van der Waals surface area contributed by atoms with Gasteiger partial charge in [0, 0.05) is 24.7 Å². The summed E-state index contributed by atoms with van der Waals surface area (Å²) in [6.45, 7) is 1.38. The van der Waals surface area contributed by atoms with Gasteiger partial charge in [0.25, 0.3) is 0 Å². The number of carbonyl (C=O) groups excluding carboxylic acids is 3. The Bertz CT molecular complexity index is 959. The van der Waals surface area contributed by atoms with E-state index in [0.29, 0.717) is 31.7 Å². The molecule has 3 rings (SSSR count). The van der Waals surface area contributed by atoms with Crippen LogP contribution in [0.25, 0.3) is 0 Å². The van der Waals surface area contributed by atoms with Crippen molar-refractivity contribution in [1.29, 1.82) is 0 Å². The van der Waals surface area contributed by atoms with E-state index in [4.69, 9.17) is 5.73 Å². The van der Waals surface area contributed by atoms with Crippen LogP contribution in [0.3, 0.4) is 0 Å². The summed E-state index contributed by atoms with van der Waals surface area (Å²) in [5.41, 5.74) is 8.18. The van der Waals surface area contributed by atoms with E-state index in [1.807, 2.05) is 54.6 Å². The number of urea groups is 1. The molecule has 0 saturated heterocycles. The molecular weight excluding hydrogens is 454 g/mol. The molecular formula is C28H39N5O3. The van der Waals surface area contributed by atoms with Crippen molar-refractivity contribution in [2.45, 2.75) is 70.5 Å². The molecule has 36 heavy (non-hydrogen) atoms. The van der Waals surface area contributed by atoms with Crippen LogP contribution in [0.15, 0.2) is 54.6 Å². The van der Waals surface area contributed by atoms with Crippen LogP contribution in [0, 0.1) is 5.92 Å². The first-order chi connectivity index (χ1) is 17.5. The van der Waals surface area contributed by atoms with Gasteiger partial charge in [0.1, 0.15) is 6.04 Å². The van der Waals surface area contributed by atoms with Crippen LogP contribution < -0.4 is 27.0 Å². The summed E-state index contributed by atoms with van der Waals surface area (Å²) in [7, 11) is 0. The second kappa shape index (κ2) is 14.9. The maximum Gasteiger partial charge on any atom is 0.315 e. The van der Waals surface area contributed by atoms with E-state index in [0.717, 1.165) is 49.7 Å². The Hall–Kier alpha value is -3.39. The van der Waals surface area contributed by atoms with Crippen molar-refractivity contribution in [3.05, 3.63) is 65.7 Å². The Labute approximate surface area is 213 Å². The second-order valence-corrected chi connectivity index (χ2v) is 9.39. The molecule has 0 radical (unpaired) electrons. The number of hydrogen-bond donors (Lipinski definition) is 5. The third-order valence-corrected chi connectivity index (χ3v) is 6.53. The highest BCUT2D eigenvalue weighted by atomic mass is 16.2. The van der Waals surface area contributed by atoms with Gasteiger partial charge in [-0.15, -0.1) is 0 Å². The molecule has 4 amide bonds. The molecule has 1 saturated carbocycles. The minimum absolute atomic E-state index is 0.129. The summed E-state index contributed by atoms with van der Waals surface area (Å²) >= 11 is 0. The zero-order valence-electron chi connectivity index (χ0n) is 20.9. The zero-order valence-corrected chi connectivity index (χ0v) is 20.9. The van der Waals surface area contributed by atoms with Crippen molar-refractivity contribution < 1.29 is 14.4 Å². The van der Waals surface area contributed by atoms with Gasteiger partial charge >= 0.3 is 6.03 Å². The van der Waals surface area contributed by atoms with Crippen LogP contribution in [-0.4, -0.2) is 30.4 Å². The number of unbranched alkanes of at least 4 members (excludes halogenated alkanes) is 1. The van der Waals surface area contributed by atoms with E-state index in [2.05, 4.69) is 21.3 Å². The van der Waals surface area contributed by atoms with E-state index in [-0.39, 0.29) is 17.7 Å². The minimum atomic E-state index is -0.679. The summed E-state index contributed by atoms with van der Waals surface area (Å²) in [6, 6.07) is 15.9. The van der Waals surface area contributed by atoms with E-state index in [9.17, 15) is 14.4 Å². The number of nitrogens with two attached hydrogens (primary N) is 1. The first kappa shape index (κ1) is 27.2. The van der Waals surface area contributed by atoms with Gasteiger partial charge < -0.3 is 27.0 Å². The summed E-state index contributed by atoms with van der Waals surface area (Å²) in [5, 5.41) is 11.5. The number of amides is 4. The molecule has 1 unspecified atom stereocenters. The maximum absolute atomic E-state index is 12.9. The van der Waals surface area contributed by atoms with Gasteiger partial charge in [-0.3, -0.25) is 9.59 Å². The van der Waals surface area contributed by atoms with Crippen molar-refractivity contribution in [1.82, 2.24) is 16.0 Å². The predicted molar refractivity (Wildman–Crippen MR) is 142 cm³/mol. The third-order valence-electron chi connectivity index (χ3n) is 6.53. The molecule has 0 aromatic heterocycles. The highest BCUT2D eigenvalue weighted by Gasteiger charge is 2.22. The molecule has 0 aliphatic heterocycles. The molecule has 1 atom stereocenters. The maximum atomic E-state index is 12.9. The molecule has 194 valence electrons. The Morgan fingerprint density at radius 2 is 1.50 bits per heavy atom. The number of anilines is 1. The SMILES string of the molecule is NCCCCC(NC(=O)NCc1ccccc1)C(=O)Nc1ccc(CNC(=O)C2CCCCC2)cc1. The van der Waals surface area contributed by atoms with Crippen LogP contribution in [0.1, 0.15) is 62.5 Å². The number of carbonyl (C=O) groups is 3. The van der Waals surface area contributed by atoms with Crippen molar-refractivity contribution in [2.24, 2.45) is 11.7 Å². The molecule has 1 aliphatic rings. The topological polar surface area (TPSA) is 125 Å². The van der Waals surface area contributed by atoms with Crippen molar-refractivity contribution in [2.75, 3.05) is 11.9 Å². The van der Waals surface area contributed by atoms with Crippen LogP contribution in [0.4, 0.5) is 10.5 Å². The third kappa shape index (κ3) is 9.34. The fourth-order valence-electron chi connectivity index (χ4n) is 4.38. The van der Waals surface area contributed by atoms with Gasteiger partial charge in [0.05, 0.1) is 0 Å². The molecule has 1 aliphatic carbocycles. The quantitative estimate of drug-likeness (QED) is 0.288. The Morgan fingerprint density at radius 3 is 2.19 bits per heavy atom. The molecule has 8 heteroatoms. The number of benzene rings is 2. The monoisotopic (exact) mass is 493 g/mol. The molecule has 6 N–H and O–H groups in total. The van der Waals surface area contributed by atoms with Crippen molar-refractivity contribution in [3.63, 3.8) is 0 Å². The average molecular weight is 494 g/mol. The molecule has 0 heterocycles. The highest BCUT2D eigenvalue weighted by molar-refractivity contribution is 5.97. The molecule has 8 nitrogen and oxygen atoms in total. The zero-order chi connectivity index (χ0) is 25.6. The van der Waals surface area contributed by atoms with Gasteiger partial charge in [0.2, 0.25) is 11.8 Å². The molecule has 1 fully saturated rings. The van der Waals surface area contributed by atoms with E-state index < -0.39 is 12.1 Å². The lowest BCUT2D eigenvalue weighted by Crippen LogP contribution is -2.47. The number of rotatable bonds is 12. The second-order valence-electron chi connectivity index (χ2n) is 9.39. The Balaban J connectivity index is 1.49. The van der Waals surface area contributed by atoms with Crippen LogP contribution >= 0.6 is 0 Å². The lowest BCUT2D eigenvalue weighted by Gasteiger charge is -2.21. The molecule has 0 bridgehead atoms. The van der Waals surface area contributed by atoms with Crippen LogP contribution in [-0.2, 0) is 22.7 Å². The Morgan fingerprint density at radius 1 is 0.833 bits per heavy atom. The van der Waals surface area contributed by atoms with E-state index >= 15 is 0 Å². The molecule has 0 spiro atoms. The summed E-state index contributed by atoms with van der Waals surface area (Å²) in [4.78, 5) is 37.8. The largest absolute Gasteiger partial charge is 0.352 e. The smallest absolute Gasteiger partial charge is 0.315 e. The van der Waals surface area contributed by atoms with Crippen LogP contribution in [0.2, 0.25) is 0 Å². The summed E-state index contributed by atoms with van der Waals surface area (Å²) in [5.74, 6) is -0.0184. The van der Waals surface area contributed by atoms with E-state index in [1.165, 1.54) is 6.42 Å². The lowest BCUT2D eigenvalue weighted by atomic mass is 9.88. The van der Waals surface area contributed by atoms with Gasteiger partial charge in [-0.2, -0.15) is 0 Å². The van der Waals surface area contributed by atoms with Gasteiger partial charge in [-0.25, -0.2) is 4.79 Å². The first-order valence-corrected chi connectivity index (χ1v) is 13.0. The predicted octanol–water partition coefficient (Wildman–Crippen LogP) is 3.82. The van der Waals surface area contributed by atoms with Gasteiger partial charge in [0.15, 0.2) is 0 Å². The van der Waals surface area contributed by atoms with Gasteiger partial charge in [-0.1, -0.05) is 61.7 Å². The summed E-state index contributed by atoms with van der Waals surface area (Å²) < 4.78 is 0. The standard InChI is InChI=1S/C28H39N5O3/c29-18-8-7-13-25(33-28(36)31-20-21-9-3-1-4-10-21)27(35)32-24-16-14-22(15-17-24)19-30-26(34)23-11-5-2-6-12-23/h1,3-4,9-10,14-17,23,25H,2,5-8,11-13,18-20,29H2,(H,30,34)(H,32,35)(H2,31,33,36). The number of hydrogen-bond acceptors (Lipinski definition) is 4. The molecule has 2 aromatic rings. The van der Waals surface area contributed by atoms with Crippen molar-refractivity contribution in [3.8, 4) is 0 Å². The lowest BCUT2D eigenvalue weighted by molar-refractivity contribution is -0.126. The summed E-state index contributed by atoms with van der Waals surface area (Å²) in [6.07, 6.45) is 7.42. The van der Waals surface area contributed by atoms with Crippen LogP contribution in [0.5, 0.6) is 0 Å². The van der Waals surface area contributed by atoms with Crippen molar-refractivity contribution >= 4 is 23.5 Å². The highest BCUT2D eigenvalue weighted by Crippen LogP contribution is 2.23. The normalized spacial score (nSPS) is 14.5. The van der Waals surface area contributed by atoms with E-state index in [1.54, 1.807) is 0 Å².